The van der Waals surface area contributed by atoms with E-state index in [-0.39, 0.29) is 12.0 Å². The maximum absolute atomic E-state index is 12.0. The van der Waals surface area contributed by atoms with Gasteiger partial charge in [0.05, 0.1) is 26.4 Å². The van der Waals surface area contributed by atoms with E-state index in [0.29, 0.717) is 19.7 Å². The number of rotatable bonds is 5. The van der Waals surface area contributed by atoms with E-state index in [2.05, 4.69) is 10.2 Å². The Kier molecular flexibility index (Phi) is 5.38. The molecule has 1 aliphatic rings. The molecule has 0 bridgehead atoms. The van der Waals surface area contributed by atoms with E-state index in [0.717, 1.165) is 24.4 Å². The third-order valence-corrected chi connectivity index (χ3v) is 3.36. The van der Waals surface area contributed by atoms with Gasteiger partial charge in [0.15, 0.2) is 0 Å². The fourth-order valence-corrected chi connectivity index (χ4v) is 2.34. The molecule has 1 saturated heterocycles. The number of carbonyl (C=O) groups is 1. The summed E-state index contributed by atoms with van der Waals surface area (Å²) in [6.07, 6.45) is 0.200. The van der Waals surface area contributed by atoms with Crippen molar-refractivity contribution >= 4 is 5.91 Å². The molecule has 0 radical (unpaired) electrons. The van der Waals surface area contributed by atoms with Crippen molar-refractivity contribution in [2.75, 3.05) is 33.4 Å². The predicted octanol–water partition coefficient (Wildman–Crippen LogP) is 1.03. The van der Waals surface area contributed by atoms with Gasteiger partial charge in [0.2, 0.25) is 5.91 Å². The number of amides is 1. The molecule has 0 spiro atoms. The average Bonchev–Trinajstić information content (AvgIpc) is 2.45. The molecule has 0 saturated carbocycles. The van der Waals surface area contributed by atoms with Crippen LogP contribution in [0.4, 0.5) is 0 Å². The van der Waals surface area contributed by atoms with Crippen molar-refractivity contribution in [2.45, 2.75) is 19.6 Å². The molecule has 0 aliphatic carbocycles. The molecule has 1 N–H and O–H groups in total. The quantitative estimate of drug-likeness (QED) is 0.874. The van der Waals surface area contributed by atoms with E-state index in [1.54, 1.807) is 7.11 Å². The maximum Gasteiger partial charge on any atom is 0.234 e. The first-order valence-corrected chi connectivity index (χ1v) is 6.91. The average molecular weight is 278 g/mol. The van der Waals surface area contributed by atoms with Gasteiger partial charge in [-0.15, -0.1) is 0 Å². The number of methoxy groups -OCH3 is 1. The molecule has 2 rings (SSSR count). The minimum absolute atomic E-state index is 0.0324. The summed E-state index contributed by atoms with van der Waals surface area (Å²) in [5, 5.41) is 2.93. The molecule has 1 aliphatic heterocycles. The van der Waals surface area contributed by atoms with Gasteiger partial charge < -0.3 is 14.8 Å². The molecule has 5 nitrogen and oxygen atoms in total. The normalized spacial score (nSPS) is 19.6. The van der Waals surface area contributed by atoms with Gasteiger partial charge in [-0.2, -0.15) is 0 Å². The molecule has 1 fully saturated rings. The topological polar surface area (TPSA) is 50.8 Å². The van der Waals surface area contributed by atoms with Crippen molar-refractivity contribution in [3.05, 3.63) is 29.8 Å². The second-order valence-corrected chi connectivity index (χ2v) is 5.01. The molecule has 1 aromatic carbocycles. The number of ether oxygens (including phenoxy) is 2. The molecule has 1 aromatic rings. The van der Waals surface area contributed by atoms with Gasteiger partial charge in [0, 0.05) is 25.2 Å². The lowest BCUT2D eigenvalue weighted by Gasteiger charge is -2.30. The highest BCUT2D eigenvalue weighted by molar-refractivity contribution is 5.78. The van der Waals surface area contributed by atoms with E-state index < -0.39 is 0 Å². The van der Waals surface area contributed by atoms with Gasteiger partial charge in [-0.05, 0) is 13.0 Å². The second kappa shape index (κ2) is 7.26. The van der Waals surface area contributed by atoms with Crippen molar-refractivity contribution in [2.24, 2.45) is 0 Å². The van der Waals surface area contributed by atoms with Crippen LogP contribution in [0.1, 0.15) is 12.5 Å². The van der Waals surface area contributed by atoms with Gasteiger partial charge >= 0.3 is 0 Å². The van der Waals surface area contributed by atoms with Gasteiger partial charge in [-0.1, -0.05) is 18.2 Å². The molecular weight excluding hydrogens is 256 g/mol. The van der Waals surface area contributed by atoms with Crippen LogP contribution in [0.5, 0.6) is 5.75 Å². The highest BCUT2D eigenvalue weighted by Crippen LogP contribution is 2.16. The first-order chi connectivity index (χ1) is 9.69. The number of morpholine rings is 1. The zero-order valence-corrected chi connectivity index (χ0v) is 12.1. The SMILES string of the molecule is COc1ccccc1CNC(=O)CN1CCOC(C)C1. The van der Waals surface area contributed by atoms with E-state index in [1.807, 2.05) is 31.2 Å². The van der Waals surface area contributed by atoms with E-state index >= 15 is 0 Å². The van der Waals surface area contributed by atoms with Crippen LogP contribution in [0.25, 0.3) is 0 Å². The summed E-state index contributed by atoms with van der Waals surface area (Å²) in [5.74, 6) is 0.831. The zero-order valence-electron chi connectivity index (χ0n) is 12.1. The summed E-state index contributed by atoms with van der Waals surface area (Å²) < 4.78 is 10.7. The molecule has 0 aromatic heterocycles. The standard InChI is InChI=1S/C15H22N2O3/c1-12-10-17(7-8-20-12)11-15(18)16-9-13-5-3-4-6-14(13)19-2/h3-6,12H,7-11H2,1-2H3,(H,16,18). The minimum Gasteiger partial charge on any atom is -0.496 e. The van der Waals surface area contributed by atoms with E-state index in [9.17, 15) is 4.79 Å². The van der Waals surface area contributed by atoms with Crippen molar-refractivity contribution in [3.63, 3.8) is 0 Å². The van der Waals surface area contributed by atoms with Gasteiger partial charge in [-0.25, -0.2) is 0 Å². The molecular formula is C15H22N2O3. The molecule has 1 heterocycles. The van der Waals surface area contributed by atoms with Crippen LogP contribution in [0.15, 0.2) is 24.3 Å². The molecule has 20 heavy (non-hydrogen) atoms. The van der Waals surface area contributed by atoms with Crippen LogP contribution >= 0.6 is 0 Å². The number of hydrogen-bond donors (Lipinski definition) is 1. The summed E-state index contributed by atoms with van der Waals surface area (Å²) >= 11 is 0. The fourth-order valence-electron chi connectivity index (χ4n) is 2.34. The molecule has 110 valence electrons. The first-order valence-electron chi connectivity index (χ1n) is 6.91. The van der Waals surface area contributed by atoms with Crippen LogP contribution in [0.3, 0.4) is 0 Å². The first kappa shape index (κ1) is 14.8. The minimum atomic E-state index is 0.0324. The summed E-state index contributed by atoms with van der Waals surface area (Å²) in [6.45, 7) is 5.25. The summed E-state index contributed by atoms with van der Waals surface area (Å²) in [6, 6.07) is 7.70. The fraction of sp³-hybridized carbons (Fsp3) is 0.533. The number of benzene rings is 1. The Labute approximate surface area is 119 Å². The molecule has 1 atom stereocenters. The lowest BCUT2D eigenvalue weighted by molar-refractivity contribution is -0.124. The molecule has 5 heteroatoms. The van der Waals surface area contributed by atoms with Crippen molar-refractivity contribution < 1.29 is 14.3 Å². The Balaban J connectivity index is 1.80. The third-order valence-electron chi connectivity index (χ3n) is 3.36. The number of carbonyl (C=O) groups excluding carboxylic acids is 1. The predicted molar refractivity (Wildman–Crippen MR) is 76.7 cm³/mol. The van der Waals surface area contributed by atoms with Crippen molar-refractivity contribution in [1.82, 2.24) is 10.2 Å². The Morgan fingerprint density at radius 1 is 1.50 bits per heavy atom. The number of nitrogens with zero attached hydrogens (tertiary/aromatic N) is 1. The summed E-state index contributed by atoms with van der Waals surface area (Å²) in [4.78, 5) is 14.1. The Morgan fingerprint density at radius 3 is 3.05 bits per heavy atom. The van der Waals surface area contributed by atoms with Gasteiger partial charge in [-0.3, -0.25) is 9.69 Å². The summed E-state index contributed by atoms with van der Waals surface area (Å²) in [7, 11) is 1.63. The largest absolute Gasteiger partial charge is 0.496 e. The van der Waals surface area contributed by atoms with Crippen LogP contribution in [0, 0.1) is 0 Å². The lowest BCUT2D eigenvalue weighted by Crippen LogP contribution is -2.45. The highest BCUT2D eigenvalue weighted by atomic mass is 16.5. The lowest BCUT2D eigenvalue weighted by atomic mass is 10.2. The van der Waals surface area contributed by atoms with E-state index in [4.69, 9.17) is 9.47 Å². The monoisotopic (exact) mass is 278 g/mol. The Bertz CT molecular complexity index is 450. The Morgan fingerprint density at radius 2 is 2.30 bits per heavy atom. The molecule has 1 amide bonds. The number of hydrogen-bond acceptors (Lipinski definition) is 4. The smallest absolute Gasteiger partial charge is 0.234 e. The zero-order chi connectivity index (χ0) is 14.4. The van der Waals surface area contributed by atoms with Gasteiger partial charge in [0.1, 0.15) is 5.75 Å². The number of para-hydroxylation sites is 1. The van der Waals surface area contributed by atoms with Crippen LogP contribution in [-0.2, 0) is 16.1 Å². The maximum atomic E-state index is 12.0. The van der Waals surface area contributed by atoms with Crippen molar-refractivity contribution in [3.8, 4) is 5.75 Å². The van der Waals surface area contributed by atoms with Crippen molar-refractivity contribution in [1.29, 1.82) is 0 Å². The van der Waals surface area contributed by atoms with Gasteiger partial charge in [0.25, 0.3) is 0 Å². The summed E-state index contributed by atoms with van der Waals surface area (Å²) in [5.41, 5.74) is 0.985. The van der Waals surface area contributed by atoms with Crippen LogP contribution in [0.2, 0.25) is 0 Å². The third kappa shape index (κ3) is 4.21. The second-order valence-electron chi connectivity index (χ2n) is 5.01. The number of nitrogens with one attached hydrogen (secondary N) is 1. The van der Waals surface area contributed by atoms with Crippen LogP contribution in [-0.4, -0.2) is 50.3 Å². The molecule has 1 unspecified atom stereocenters. The highest BCUT2D eigenvalue weighted by Gasteiger charge is 2.18. The Hall–Kier alpha value is -1.59. The van der Waals surface area contributed by atoms with E-state index in [1.165, 1.54) is 0 Å². The van der Waals surface area contributed by atoms with Crippen LogP contribution < -0.4 is 10.1 Å².